The number of ether oxygens (including phenoxy) is 2. The van der Waals surface area contributed by atoms with Crippen LogP contribution in [0.4, 0.5) is 0 Å². The van der Waals surface area contributed by atoms with Crippen LogP contribution in [-0.4, -0.2) is 23.9 Å². The van der Waals surface area contributed by atoms with Crippen molar-refractivity contribution < 1.29 is 28.7 Å². The van der Waals surface area contributed by atoms with Crippen LogP contribution in [0, 0.1) is 0 Å². The van der Waals surface area contributed by atoms with Crippen LogP contribution in [0.3, 0.4) is 0 Å². The first-order chi connectivity index (χ1) is 9.68. The smallest absolute Gasteiger partial charge is 0.342 e. The summed E-state index contributed by atoms with van der Waals surface area (Å²) in [5, 5.41) is 0. The third kappa shape index (κ3) is 7.00. The highest BCUT2D eigenvalue weighted by Gasteiger charge is 2.18. The number of carbonyl (C=O) groups excluding carboxylic acids is 4. The molecule has 0 aromatic heterocycles. The summed E-state index contributed by atoms with van der Waals surface area (Å²) in [7, 11) is 0. The van der Waals surface area contributed by atoms with Gasteiger partial charge in [-0.2, -0.15) is 0 Å². The van der Waals surface area contributed by atoms with Crippen molar-refractivity contribution in [3.63, 3.8) is 0 Å². The number of hydrogen-bond donors (Lipinski definition) is 0. The van der Waals surface area contributed by atoms with E-state index < -0.39 is 23.9 Å². The van der Waals surface area contributed by atoms with Crippen molar-refractivity contribution in [2.24, 2.45) is 0 Å². The van der Waals surface area contributed by atoms with Gasteiger partial charge >= 0.3 is 23.9 Å². The van der Waals surface area contributed by atoms with Gasteiger partial charge in [0.1, 0.15) is 0 Å². The molecule has 114 valence electrons. The standard InChI is InChI=1S/C15H18O6/c1-6-7-11(15(19)21-14(18)10(4)5)8-12(16)20-13(17)9(2)3/h8H,2,4,6-7H2,1,3,5H3/b11-8-. The van der Waals surface area contributed by atoms with Gasteiger partial charge in [0.25, 0.3) is 0 Å². The van der Waals surface area contributed by atoms with Crippen LogP contribution in [0.15, 0.2) is 36.0 Å². The quantitative estimate of drug-likeness (QED) is 0.423. The van der Waals surface area contributed by atoms with E-state index in [4.69, 9.17) is 0 Å². The fourth-order valence-electron chi connectivity index (χ4n) is 1.09. The normalized spacial score (nSPS) is 10.5. The summed E-state index contributed by atoms with van der Waals surface area (Å²) >= 11 is 0. The Bertz CT molecular complexity index is 524. The first-order valence-electron chi connectivity index (χ1n) is 6.23. The van der Waals surface area contributed by atoms with E-state index in [1.807, 2.05) is 0 Å². The van der Waals surface area contributed by atoms with Crippen LogP contribution in [0.25, 0.3) is 0 Å². The van der Waals surface area contributed by atoms with Gasteiger partial charge in [0.05, 0.1) is 0 Å². The summed E-state index contributed by atoms with van der Waals surface area (Å²) in [6.07, 6.45) is 1.56. The zero-order valence-corrected chi connectivity index (χ0v) is 12.4. The van der Waals surface area contributed by atoms with Crippen molar-refractivity contribution in [3.05, 3.63) is 36.0 Å². The molecule has 6 heteroatoms. The topological polar surface area (TPSA) is 86.7 Å². The van der Waals surface area contributed by atoms with E-state index in [2.05, 4.69) is 22.6 Å². The summed E-state index contributed by atoms with van der Waals surface area (Å²) in [5.74, 6) is -3.76. The van der Waals surface area contributed by atoms with Gasteiger partial charge in [0.15, 0.2) is 0 Å². The molecule has 0 bridgehead atoms. The lowest BCUT2D eigenvalue weighted by atomic mass is 10.1. The van der Waals surface area contributed by atoms with E-state index in [0.29, 0.717) is 6.42 Å². The summed E-state index contributed by atoms with van der Waals surface area (Å²) in [6.45, 7) is 11.2. The highest BCUT2D eigenvalue weighted by molar-refractivity contribution is 6.06. The molecule has 0 amide bonds. The summed E-state index contributed by atoms with van der Waals surface area (Å²) in [6, 6.07) is 0. The Kier molecular flexibility index (Phi) is 7.60. The molecule has 0 N–H and O–H groups in total. The maximum atomic E-state index is 11.7. The Morgan fingerprint density at radius 1 is 0.905 bits per heavy atom. The van der Waals surface area contributed by atoms with Gasteiger partial charge in [0.2, 0.25) is 0 Å². The Balaban J connectivity index is 4.99. The fraction of sp³-hybridized carbons (Fsp3) is 0.333. The number of esters is 4. The first kappa shape index (κ1) is 18.5. The highest BCUT2D eigenvalue weighted by atomic mass is 16.6. The predicted octanol–water partition coefficient (Wildman–Crippen LogP) is 2.00. The van der Waals surface area contributed by atoms with E-state index in [9.17, 15) is 19.2 Å². The molecule has 0 aliphatic carbocycles. The van der Waals surface area contributed by atoms with Crippen molar-refractivity contribution in [1.29, 1.82) is 0 Å². The minimum absolute atomic E-state index is 0.0498. The van der Waals surface area contributed by atoms with Crippen LogP contribution in [0.1, 0.15) is 33.6 Å². The average molecular weight is 294 g/mol. The van der Waals surface area contributed by atoms with Crippen molar-refractivity contribution in [1.82, 2.24) is 0 Å². The Morgan fingerprint density at radius 2 is 1.38 bits per heavy atom. The van der Waals surface area contributed by atoms with Gasteiger partial charge in [0, 0.05) is 22.8 Å². The molecular weight excluding hydrogens is 276 g/mol. The minimum atomic E-state index is -1.02. The van der Waals surface area contributed by atoms with Crippen LogP contribution < -0.4 is 0 Å². The molecule has 21 heavy (non-hydrogen) atoms. The second-order valence-electron chi connectivity index (χ2n) is 4.37. The second kappa shape index (κ2) is 8.63. The van der Waals surface area contributed by atoms with E-state index in [0.717, 1.165) is 6.08 Å². The second-order valence-corrected chi connectivity index (χ2v) is 4.37. The van der Waals surface area contributed by atoms with Crippen molar-refractivity contribution in [2.45, 2.75) is 33.6 Å². The Morgan fingerprint density at radius 3 is 1.81 bits per heavy atom. The number of carbonyl (C=O) groups is 4. The van der Waals surface area contributed by atoms with Crippen LogP contribution >= 0.6 is 0 Å². The zero-order valence-electron chi connectivity index (χ0n) is 12.4. The van der Waals surface area contributed by atoms with Crippen LogP contribution in [-0.2, 0) is 28.7 Å². The van der Waals surface area contributed by atoms with Gasteiger partial charge in [-0.1, -0.05) is 26.5 Å². The lowest BCUT2D eigenvalue weighted by Gasteiger charge is -2.06. The molecule has 0 aliphatic rings. The van der Waals surface area contributed by atoms with Gasteiger partial charge in [-0.3, -0.25) is 0 Å². The van der Waals surface area contributed by atoms with Gasteiger partial charge in [-0.05, 0) is 20.3 Å². The monoisotopic (exact) mass is 294 g/mol. The SMILES string of the molecule is C=C(C)C(=O)OC(=O)/C=C(/CCC)C(=O)OC(=O)C(=C)C. The lowest BCUT2D eigenvalue weighted by Crippen LogP contribution is -2.17. The van der Waals surface area contributed by atoms with Crippen molar-refractivity contribution in [2.75, 3.05) is 0 Å². The maximum absolute atomic E-state index is 11.7. The summed E-state index contributed by atoms with van der Waals surface area (Å²) < 4.78 is 8.95. The van der Waals surface area contributed by atoms with Crippen LogP contribution in [0.2, 0.25) is 0 Å². The maximum Gasteiger partial charge on any atom is 0.342 e. The lowest BCUT2D eigenvalue weighted by molar-refractivity contribution is -0.156. The molecule has 0 unspecified atom stereocenters. The molecule has 0 rings (SSSR count). The molecule has 0 atom stereocenters. The number of rotatable bonds is 6. The molecule has 0 fully saturated rings. The van der Waals surface area contributed by atoms with Crippen molar-refractivity contribution >= 4 is 23.9 Å². The zero-order chi connectivity index (χ0) is 16.6. The Hall–Kier alpha value is -2.50. The van der Waals surface area contributed by atoms with E-state index in [1.54, 1.807) is 6.92 Å². The predicted molar refractivity (Wildman–Crippen MR) is 74.8 cm³/mol. The molecule has 0 aromatic carbocycles. The van der Waals surface area contributed by atoms with Crippen molar-refractivity contribution in [3.8, 4) is 0 Å². The van der Waals surface area contributed by atoms with Gasteiger partial charge in [-0.25, -0.2) is 19.2 Å². The molecule has 0 saturated heterocycles. The largest absolute Gasteiger partial charge is 0.386 e. The third-order valence-electron chi connectivity index (χ3n) is 2.15. The number of hydrogen-bond acceptors (Lipinski definition) is 6. The van der Waals surface area contributed by atoms with Gasteiger partial charge < -0.3 is 9.47 Å². The van der Waals surface area contributed by atoms with E-state index in [-0.39, 0.29) is 23.1 Å². The molecule has 0 spiro atoms. The Labute approximate surface area is 123 Å². The van der Waals surface area contributed by atoms with Crippen LogP contribution in [0.5, 0.6) is 0 Å². The van der Waals surface area contributed by atoms with Gasteiger partial charge in [-0.15, -0.1) is 0 Å². The molecule has 0 saturated carbocycles. The molecule has 0 aromatic rings. The molecule has 6 nitrogen and oxygen atoms in total. The minimum Gasteiger partial charge on any atom is -0.386 e. The molecular formula is C15H18O6. The first-order valence-corrected chi connectivity index (χ1v) is 6.23. The summed E-state index contributed by atoms with van der Waals surface area (Å²) in [5.41, 5.74) is 0.0414. The molecule has 0 heterocycles. The van der Waals surface area contributed by atoms with E-state index in [1.165, 1.54) is 13.8 Å². The summed E-state index contributed by atoms with van der Waals surface area (Å²) in [4.78, 5) is 45.7. The average Bonchev–Trinajstić information content (AvgIpc) is 2.37. The van der Waals surface area contributed by atoms with E-state index >= 15 is 0 Å². The fourth-order valence-corrected chi connectivity index (χ4v) is 1.09. The third-order valence-corrected chi connectivity index (χ3v) is 2.15. The molecule has 0 aliphatic heterocycles. The highest BCUT2D eigenvalue weighted by Crippen LogP contribution is 2.10. The molecule has 0 radical (unpaired) electrons.